The highest BCUT2D eigenvalue weighted by molar-refractivity contribution is 9.10. The molecule has 4 nitrogen and oxygen atoms in total. The lowest BCUT2D eigenvalue weighted by Gasteiger charge is -2.29. The summed E-state index contributed by atoms with van der Waals surface area (Å²) in [5.74, 6) is -0.844. The highest BCUT2D eigenvalue weighted by Gasteiger charge is 2.42. The normalized spacial score (nSPS) is 15.3. The van der Waals surface area contributed by atoms with Gasteiger partial charge < -0.3 is 5.11 Å². The van der Waals surface area contributed by atoms with Crippen molar-refractivity contribution in [2.45, 2.75) is 26.2 Å². The Labute approximate surface area is 97.4 Å². The van der Waals surface area contributed by atoms with Gasteiger partial charge in [0.05, 0.1) is 16.4 Å². The third-order valence-electron chi connectivity index (χ3n) is 2.99. The minimum atomic E-state index is -0.927. The topological polar surface area (TPSA) is 55.1 Å². The van der Waals surface area contributed by atoms with Gasteiger partial charge >= 0.3 is 5.97 Å². The predicted octanol–water partition coefficient (Wildman–Crippen LogP) is 2.18. The Morgan fingerprint density at radius 1 is 1.67 bits per heavy atom. The van der Waals surface area contributed by atoms with E-state index in [9.17, 15) is 9.90 Å². The Kier molecular flexibility index (Phi) is 3.23. The SMILES string of the molecule is CC(C)C(C)(C(=O)O)c1c(Br)cnn1C. The molecule has 1 aromatic rings. The molecule has 0 amide bonds. The van der Waals surface area contributed by atoms with Crippen molar-refractivity contribution >= 4 is 21.9 Å². The van der Waals surface area contributed by atoms with Crippen LogP contribution < -0.4 is 0 Å². The van der Waals surface area contributed by atoms with E-state index in [1.165, 1.54) is 0 Å². The van der Waals surface area contributed by atoms with Crippen LogP contribution in [0.3, 0.4) is 0 Å². The van der Waals surface area contributed by atoms with Gasteiger partial charge in [0, 0.05) is 7.05 Å². The van der Waals surface area contributed by atoms with Gasteiger partial charge in [0.15, 0.2) is 0 Å². The number of carboxylic acid groups (broad SMARTS) is 1. The van der Waals surface area contributed by atoms with Crippen molar-refractivity contribution in [3.8, 4) is 0 Å². The second-order valence-corrected chi connectivity index (χ2v) is 4.98. The number of nitrogens with zero attached hydrogens (tertiary/aromatic N) is 2. The van der Waals surface area contributed by atoms with E-state index >= 15 is 0 Å². The summed E-state index contributed by atoms with van der Waals surface area (Å²) in [5, 5.41) is 13.4. The van der Waals surface area contributed by atoms with Crippen molar-refractivity contribution < 1.29 is 9.90 Å². The predicted molar refractivity (Wildman–Crippen MR) is 60.7 cm³/mol. The standard InChI is InChI=1S/C10H15BrN2O2/c1-6(2)10(3,9(14)15)8-7(11)5-12-13(8)4/h5-6H,1-4H3,(H,14,15). The Hall–Kier alpha value is -0.840. The number of aryl methyl sites for hydroxylation is 1. The first-order valence-corrected chi connectivity index (χ1v) is 5.52. The number of rotatable bonds is 3. The van der Waals surface area contributed by atoms with E-state index in [0.29, 0.717) is 5.69 Å². The molecule has 0 radical (unpaired) electrons. The van der Waals surface area contributed by atoms with Gasteiger partial charge in [-0.2, -0.15) is 5.10 Å². The van der Waals surface area contributed by atoms with E-state index in [-0.39, 0.29) is 5.92 Å². The third kappa shape index (κ3) is 1.80. The molecule has 0 aliphatic carbocycles. The van der Waals surface area contributed by atoms with Gasteiger partial charge in [-0.3, -0.25) is 9.48 Å². The van der Waals surface area contributed by atoms with Crippen molar-refractivity contribution in [3.63, 3.8) is 0 Å². The fraction of sp³-hybridized carbons (Fsp3) is 0.600. The summed E-state index contributed by atoms with van der Waals surface area (Å²) < 4.78 is 2.35. The molecule has 0 fully saturated rings. The summed E-state index contributed by atoms with van der Waals surface area (Å²) >= 11 is 3.34. The molecule has 1 unspecified atom stereocenters. The second kappa shape index (κ2) is 3.96. The zero-order valence-electron chi connectivity index (χ0n) is 9.28. The molecule has 0 saturated heterocycles. The average molecular weight is 275 g/mol. The number of carboxylic acids is 1. The lowest BCUT2D eigenvalue weighted by atomic mass is 9.76. The summed E-state index contributed by atoms with van der Waals surface area (Å²) in [4.78, 5) is 11.4. The zero-order chi connectivity index (χ0) is 11.8. The van der Waals surface area contributed by atoms with Crippen LogP contribution in [0.15, 0.2) is 10.7 Å². The molecule has 1 aromatic heterocycles. The monoisotopic (exact) mass is 274 g/mol. The van der Waals surface area contributed by atoms with Crippen molar-refractivity contribution in [1.82, 2.24) is 9.78 Å². The van der Waals surface area contributed by atoms with Gasteiger partial charge in [-0.1, -0.05) is 13.8 Å². The molecule has 0 saturated carbocycles. The molecule has 0 aromatic carbocycles. The fourth-order valence-corrected chi connectivity index (χ4v) is 2.38. The first-order chi connectivity index (χ1) is 6.81. The minimum Gasteiger partial charge on any atom is -0.481 e. The molecule has 84 valence electrons. The van der Waals surface area contributed by atoms with Gasteiger partial charge in [-0.05, 0) is 28.8 Å². The number of hydrogen-bond acceptors (Lipinski definition) is 2. The Morgan fingerprint density at radius 2 is 2.20 bits per heavy atom. The molecule has 5 heteroatoms. The Bertz CT molecular complexity index is 367. The summed E-state index contributed by atoms with van der Waals surface area (Å²) in [6, 6.07) is 0. The molecule has 0 bridgehead atoms. The van der Waals surface area contributed by atoms with Crippen molar-refractivity contribution in [3.05, 3.63) is 16.4 Å². The lowest BCUT2D eigenvalue weighted by molar-refractivity contribution is -0.145. The minimum absolute atomic E-state index is 0.0123. The maximum absolute atomic E-state index is 11.4. The number of aliphatic carboxylic acids is 1. The van der Waals surface area contributed by atoms with Crippen LogP contribution in [0.5, 0.6) is 0 Å². The molecule has 1 heterocycles. The lowest BCUT2D eigenvalue weighted by Crippen LogP contribution is -2.39. The van der Waals surface area contributed by atoms with Gasteiger partial charge in [-0.25, -0.2) is 0 Å². The molecular formula is C10H15BrN2O2. The fourth-order valence-electron chi connectivity index (χ4n) is 1.62. The van der Waals surface area contributed by atoms with Crippen LogP contribution >= 0.6 is 15.9 Å². The first-order valence-electron chi connectivity index (χ1n) is 4.73. The van der Waals surface area contributed by atoms with E-state index in [4.69, 9.17) is 0 Å². The van der Waals surface area contributed by atoms with E-state index in [1.807, 2.05) is 13.8 Å². The number of aromatic nitrogens is 2. The number of halogens is 1. The van der Waals surface area contributed by atoms with E-state index in [2.05, 4.69) is 21.0 Å². The Balaban J connectivity index is 3.40. The van der Waals surface area contributed by atoms with Crippen LogP contribution in [0, 0.1) is 5.92 Å². The molecular weight excluding hydrogens is 260 g/mol. The van der Waals surface area contributed by atoms with Crippen molar-refractivity contribution in [2.75, 3.05) is 0 Å². The van der Waals surface area contributed by atoms with Crippen LogP contribution in [-0.2, 0) is 17.3 Å². The maximum Gasteiger partial charge on any atom is 0.315 e. The van der Waals surface area contributed by atoms with Crippen molar-refractivity contribution in [2.24, 2.45) is 13.0 Å². The third-order valence-corrected chi connectivity index (χ3v) is 3.57. The number of carbonyl (C=O) groups is 1. The van der Waals surface area contributed by atoms with E-state index in [1.54, 1.807) is 24.9 Å². The van der Waals surface area contributed by atoms with Gasteiger partial charge in [-0.15, -0.1) is 0 Å². The largest absolute Gasteiger partial charge is 0.481 e. The van der Waals surface area contributed by atoms with Crippen LogP contribution in [0.2, 0.25) is 0 Å². The van der Waals surface area contributed by atoms with Crippen LogP contribution in [0.25, 0.3) is 0 Å². The summed E-state index contributed by atoms with van der Waals surface area (Å²) in [5.41, 5.74) is -0.227. The highest BCUT2D eigenvalue weighted by atomic mass is 79.9. The average Bonchev–Trinajstić information content (AvgIpc) is 2.44. The van der Waals surface area contributed by atoms with Crippen LogP contribution in [-0.4, -0.2) is 20.9 Å². The quantitative estimate of drug-likeness (QED) is 0.919. The van der Waals surface area contributed by atoms with Crippen LogP contribution in [0.4, 0.5) is 0 Å². The van der Waals surface area contributed by atoms with E-state index < -0.39 is 11.4 Å². The highest BCUT2D eigenvalue weighted by Crippen LogP contribution is 2.36. The van der Waals surface area contributed by atoms with Gasteiger partial charge in [0.2, 0.25) is 0 Å². The molecule has 1 N–H and O–H groups in total. The second-order valence-electron chi connectivity index (χ2n) is 4.13. The maximum atomic E-state index is 11.4. The van der Waals surface area contributed by atoms with Gasteiger partial charge in [0.1, 0.15) is 5.41 Å². The molecule has 1 atom stereocenters. The van der Waals surface area contributed by atoms with Crippen LogP contribution in [0.1, 0.15) is 26.5 Å². The number of hydrogen-bond donors (Lipinski definition) is 1. The van der Waals surface area contributed by atoms with Crippen molar-refractivity contribution in [1.29, 1.82) is 0 Å². The summed E-state index contributed by atoms with van der Waals surface area (Å²) in [6.07, 6.45) is 1.62. The summed E-state index contributed by atoms with van der Waals surface area (Å²) in [6.45, 7) is 5.52. The summed E-state index contributed by atoms with van der Waals surface area (Å²) in [7, 11) is 1.75. The molecule has 15 heavy (non-hydrogen) atoms. The van der Waals surface area contributed by atoms with E-state index in [0.717, 1.165) is 4.47 Å². The Morgan fingerprint density at radius 3 is 2.47 bits per heavy atom. The van der Waals surface area contributed by atoms with Gasteiger partial charge in [0.25, 0.3) is 0 Å². The molecule has 0 aliphatic rings. The molecule has 1 rings (SSSR count). The molecule has 0 spiro atoms. The molecule has 0 aliphatic heterocycles. The smallest absolute Gasteiger partial charge is 0.315 e. The zero-order valence-corrected chi connectivity index (χ0v) is 10.9. The first kappa shape index (κ1) is 12.2.